The molecule has 1 fully saturated rings. The maximum absolute atomic E-state index is 12.4. The molecule has 1 aromatic rings. The van der Waals surface area contributed by atoms with Crippen molar-refractivity contribution in [2.75, 3.05) is 5.32 Å². The number of carbonyl (C=O) groups is 2. The molecule has 0 spiro atoms. The number of hydrogen-bond donors (Lipinski definition) is 2. The van der Waals surface area contributed by atoms with Crippen molar-refractivity contribution in [3.8, 4) is 0 Å². The summed E-state index contributed by atoms with van der Waals surface area (Å²) in [7, 11) is 0. The molecule has 1 aliphatic heterocycles. The Balaban J connectivity index is 1.62. The zero-order valence-electron chi connectivity index (χ0n) is 17.0. The van der Waals surface area contributed by atoms with Gasteiger partial charge in [0.05, 0.1) is 5.71 Å². The van der Waals surface area contributed by atoms with Gasteiger partial charge >= 0.3 is 0 Å². The quantitative estimate of drug-likeness (QED) is 0.677. The highest BCUT2D eigenvalue weighted by Crippen LogP contribution is 2.34. The van der Waals surface area contributed by atoms with Crippen LogP contribution in [0, 0.1) is 12.3 Å². The first kappa shape index (κ1) is 21.6. The van der Waals surface area contributed by atoms with E-state index in [2.05, 4.69) is 47.7 Å². The number of nitrogens with zero attached hydrogens (tertiary/aromatic N) is 2. The second-order valence-electron chi connectivity index (χ2n) is 8.27. The summed E-state index contributed by atoms with van der Waals surface area (Å²) in [6.07, 6.45) is 3.97. The average molecular weight is 433 g/mol. The van der Waals surface area contributed by atoms with Gasteiger partial charge in [-0.1, -0.05) is 48.8 Å². The van der Waals surface area contributed by atoms with Gasteiger partial charge < -0.3 is 10.6 Å². The second-order valence-corrected chi connectivity index (χ2v) is 9.86. The molecule has 2 amide bonds. The van der Waals surface area contributed by atoms with Crippen molar-refractivity contribution in [3.05, 3.63) is 40.4 Å². The third kappa shape index (κ3) is 5.70. The molecule has 0 unspecified atom stereocenters. The molecule has 3 rings (SSSR count). The first-order chi connectivity index (χ1) is 13.6. The van der Waals surface area contributed by atoms with Crippen LogP contribution in [0.3, 0.4) is 0 Å². The minimum atomic E-state index is -0.534. The number of carbonyl (C=O) groups excluding carboxylic acids is 2. The van der Waals surface area contributed by atoms with E-state index in [1.807, 2.05) is 6.92 Å². The van der Waals surface area contributed by atoms with Crippen molar-refractivity contribution in [1.29, 1.82) is 0 Å². The Labute approximate surface area is 180 Å². The fraction of sp³-hybridized carbons (Fsp3) is 0.429. The molecule has 0 saturated carbocycles. The summed E-state index contributed by atoms with van der Waals surface area (Å²) in [6, 6.07) is 5.32. The van der Waals surface area contributed by atoms with E-state index in [0.29, 0.717) is 15.9 Å². The molecule has 29 heavy (non-hydrogen) atoms. The van der Waals surface area contributed by atoms with Gasteiger partial charge in [0.2, 0.25) is 11.8 Å². The van der Waals surface area contributed by atoms with Gasteiger partial charge in [0.15, 0.2) is 5.17 Å². The van der Waals surface area contributed by atoms with E-state index in [1.54, 1.807) is 18.2 Å². The van der Waals surface area contributed by atoms with Gasteiger partial charge in [-0.3, -0.25) is 9.59 Å². The molecule has 0 radical (unpaired) electrons. The number of nitrogens with one attached hydrogen (secondary N) is 2. The van der Waals surface area contributed by atoms with E-state index in [0.717, 1.165) is 24.1 Å². The number of amides is 2. The highest BCUT2D eigenvalue weighted by atomic mass is 35.5. The molecule has 1 heterocycles. The van der Waals surface area contributed by atoms with Crippen molar-refractivity contribution in [1.82, 2.24) is 5.32 Å². The smallest absolute Gasteiger partial charge is 0.240 e. The van der Waals surface area contributed by atoms with Crippen LogP contribution in [0.5, 0.6) is 0 Å². The highest BCUT2D eigenvalue weighted by molar-refractivity contribution is 8.15. The van der Waals surface area contributed by atoms with E-state index in [4.69, 9.17) is 11.6 Å². The lowest BCUT2D eigenvalue weighted by molar-refractivity contribution is -0.122. The predicted octanol–water partition coefficient (Wildman–Crippen LogP) is 4.69. The Morgan fingerprint density at radius 2 is 2.07 bits per heavy atom. The summed E-state index contributed by atoms with van der Waals surface area (Å²) in [5, 5.41) is 14.5. The van der Waals surface area contributed by atoms with Crippen LogP contribution >= 0.6 is 23.4 Å². The summed E-state index contributed by atoms with van der Waals surface area (Å²) in [6.45, 7) is 8.33. The number of amidine groups is 1. The van der Waals surface area contributed by atoms with Crippen molar-refractivity contribution < 1.29 is 9.59 Å². The fourth-order valence-corrected chi connectivity index (χ4v) is 4.66. The summed E-state index contributed by atoms with van der Waals surface area (Å²) in [5.41, 5.74) is 3.77. The molecule has 154 valence electrons. The lowest BCUT2D eigenvalue weighted by atomic mass is 9.77. The van der Waals surface area contributed by atoms with Crippen LogP contribution in [-0.2, 0) is 9.59 Å². The molecule has 0 aromatic heterocycles. The molecule has 1 saturated heterocycles. The SMILES string of the molecule is CC1=C/C(=N/N=C2\NC(=O)[C@@H](CC(=O)Nc3cccc(Cl)c3C)S2)CC(C)(C)C1. The summed E-state index contributed by atoms with van der Waals surface area (Å²) in [5.74, 6) is -0.481. The van der Waals surface area contributed by atoms with Crippen molar-refractivity contribution in [3.63, 3.8) is 0 Å². The number of thioether (sulfide) groups is 1. The van der Waals surface area contributed by atoms with Gasteiger partial charge in [-0.05, 0) is 55.9 Å². The summed E-state index contributed by atoms with van der Waals surface area (Å²) < 4.78 is 0. The van der Waals surface area contributed by atoms with Crippen LogP contribution in [0.4, 0.5) is 5.69 Å². The Kier molecular flexibility index (Phi) is 6.49. The van der Waals surface area contributed by atoms with Gasteiger partial charge in [0, 0.05) is 17.1 Å². The van der Waals surface area contributed by atoms with Gasteiger partial charge in [-0.25, -0.2) is 0 Å². The van der Waals surface area contributed by atoms with Crippen molar-refractivity contribution >= 4 is 51.7 Å². The summed E-state index contributed by atoms with van der Waals surface area (Å²) in [4.78, 5) is 24.6. The topological polar surface area (TPSA) is 82.9 Å². The van der Waals surface area contributed by atoms with Gasteiger partial charge in [-0.2, -0.15) is 5.10 Å². The standard InChI is InChI=1S/C21H25ClN4O2S/c1-12-8-14(11-21(3,4)10-12)25-26-20-24-19(28)17(29-20)9-18(27)23-16-7-5-6-15(22)13(16)2/h5-8,17H,9-11H2,1-4H3,(H,23,27)(H,24,26,28)/b25-14-/t17-/m1/s1. The molecule has 2 aliphatic rings. The normalized spacial score (nSPS) is 23.8. The zero-order chi connectivity index (χ0) is 21.2. The molecule has 0 bridgehead atoms. The van der Waals surface area contributed by atoms with Crippen molar-refractivity contribution in [2.45, 2.75) is 52.2 Å². The Hall–Kier alpha value is -2.12. The molecular weight excluding hydrogens is 408 g/mol. The lowest BCUT2D eigenvalue weighted by Crippen LogP contribution is -2.28. The fourth-order valence-electron chi connectivity index (χ4n) is 3.57. The van der Waals surface area contributed by atoms with Gasteiger partial charge in [-0.15, -0.1) is 5.10 Å². The average Bonchev–Trinajstić information content (AvgIpc) is 2.95. The zero-order valence-corrected chi connectivity index (χ0v) is 18.6. The van der Waals surface area contributed by atoms with Crippen LogP contribution in [-0.4, -0.2) is 27.9 Å². The Bertz CT molecular complexity index is 937. The molecule has 8 heteroatoms. The number of hydrogen-bond acceptors (Lipinski definition) is 5. The lowest BCUT2D eigenvalue weighted by Gasteiger charge is -2.28. The largest absolute Gasteiger partial charge is 0.326 e. The number of halogens is 1. The Morgan fingerprint density at radius 3 is 2.79 bits per heavy atom. The third-order valence-corrected chi connectivity index (χ3v) is 6.27. The van der Waals surface area contributed by atoms with Crippen LogP contribution < -0.4 is 10.6 Å². The van der Waals surface area contributed by atoms with Crippen LogP contribution in [0.2, 0.25) is 5.02 Å². The van der Waals surface area contributed by atoms with E-state index in [9.17, 15) is 9.59 Å². The van der Waals surface area contributed by atoms with Crippen LogP contribution in [0.25, 0.3) is 0 Å². The first-order valence-electron chi connectivity index (χ1n) is 9.47. The van der Waals surface area contributed by atoms with E-state index in [-0.39, 0.29) is 23.7 Å². The maximum Gasteiger partial charge on any atom is 0.240 e. The van der Waals surface area contributed by atoms with E-state index >= 15 is 0 Å². The number of allylic oxidation sites excluding steroid dienone is 2. The monoisotopic (exact) mass is 432 g/mol. The number of rotatable bonds is 4. The summed E-state index contributed by atoms with van der Waals surface area (Å²) >= 11 is 7.31. The predicted molar refractivity (Wildman–Crippen MR) is 121 cm³/mol. The molecule has 1 atom stereocenters. The minimum Gasteiger partial charge on any atom is -0.326 e. The third-order valence-electron chi connectivity index (χ3n) is 4.79. The molecule has 1 aliphatic carbocycles. The molecule has 1 aromatic carbocycles. The van der Waals surface area contributed by atoms with E-state index < -0.39 is 5.25 Å². The Morgan fingerprint density at radius 1 is 1.31 bits per heavy atom. The minimum absolute atomic E-state index is 0.0457. The maximum atomic E-state index is 12.4. The second kappa shape index (κ2) is 8.71. The molecule has 6 nitrogen and oxygen atoms in total. The van der Waals surface area contributed by atoms with Crippen LogP contribution in [0.1, 0.15) is 45.6 Å². The van der Waals surface area contributed by atoms with Gasteiger partial charge in [0.1, 0.15) is 5.25 Å². The first-order valence-corrected chi connectivity index (χ1v) is 10.7. The highest BCUT2D eigenvalue weighted by Gasteiger charge is 2.32. The molecule has 2 N–H and O–H groups in total. The van der Waals surface area contributed by atoms with Crippen LogP contribution in [0.15, 0.2) is 40.1 Å². The van der Waals surface area contributed by atoms with E-state index in [1.165, 1.54) is 17.3 Å². The van der Waals surface area contributed by atoms with Gasteiger partial charge in [0.25, 0.3) is 0 Å². The van der Waals surface area contributed by atoms with Crippen molar-refractivity contribution in [2.24, 2.45) is 15.6 Å². The molecular formula is C21H25ClN4O2S. The number of anilines is 1. The number of benzene rings is 1.